The van der Waals surface area contributed by atoms with Gasteiger partial charge in [0.2, 0.25) is 0 Å². The summed E-state index contributed by atoms with van der Waals surface area (Å²) >= 11 is 0. The van der Waals surface area contributed by atoms with E-state index < -0.39 is 0 Å². The Balaban J connectivity index is 0. The molecule has 0 heterocycles. The number of hydrogen-bond donors (Lipinski definition) is 0. The van der Waals surface area contributed by atoms with Crippen LogP contribution >= 0.6 is 7.92 Å². The lowest BCUT2D eigenvalue weighted by molar-refractivity contribution is 1.02. The normalized spacial score (nSPS) is 10.3. The highest BCUT2D eigenvalue weighted by atomic mass is 31.1. The Hall–Kier alpha value is 0.235. The predicted octanol–water partition coefficient (Wildman–Crippen LogP) is 3.05. The monoisotopic (exact) mass is 155 g/mol. The van der Waals surface area contributed by atoms with E-state index in [0.29, 0.717) is 0 Å². The molecule has 0 fully saturated rings. The van der Waals surface area contributed by atoms with E-state index in [1.165, 1.54) is 0 Å². The van der Waals surface area contributed by atoms with Gasteiger partial charge >= 0.3 is 0 Å². The Morgan fingerprint density at radius 2 is 1.40 bits per heavy atom. The van der Waals surface area contributed by atoms with Crippen LogP contribution < -0.4 is 0 Å². The summed E-state index contributed by atoms with van der Waals surface area (Å²) in [7, 11) is 0.0874. The van der Waals surface area contributed by atoms with Crippen LogP contribution in [-0.4, -0.2) is 19.7 Å². The van der Waals surface area contributed by atoms with Crippen LogP contribution in [0.15, 0.2) is 12.4 Å². The molecule has 0 aromatic carbocycles. The van der Waals surface area contributed by atoms with Crippen molar-refractivity contribution >= 4 is 16.3 Å². The fourth-order valence-electron chi connectivity index (χ4n) is 1.02. The van der Waals surface area contributed by atoms with E-state index in [9.17, 15) is 0 Å². The van der Waals surface area contributed by atoms with Crippen LogP contribution in [0.25, 0.3) is 0 Å². The highest BCUT2D eigenvalue weighted by molar-refractivity contribution is 7.62. The summed E-state index contributed by atoms with van der Waals surface area (Å²) in [5.41, 5.74) is 1.61. The highest BCUT2D eigenvalue weighted by Gasteiger charge is 2.11. The summed E-state index contributed by atoms with van der Waals surface area (Å²) < 4.78 is 0. The topological polar surface area (TPSA) is 0 Å². The molecule has 0 unspecified atom stereocenters. The molecule has 3 radical (unpaired) electrons. The first-order chi connectivity index (χ1) is 4.09. The molecule has 0 aliphatic heterocycles. The van der Waals surface area contributed by atoms with E-state index in [1.54, 1.807) is 0 Å². The molecule has 0 rings (SSSR count). The van der Waals surface area contributed by atoms with Crippen molar-refractivity contribution in [3.05, 3.63) is 12.4 Å². The molecule has 0 aromatic rings. The average molecular weight is 155 g/mol. The van der Waals surface area contributed by atoms with Gasteiger partial charge in [-0.3, -0.25) is 0 Å². The van der Waals surface area contributed by atoms with Gasteiger partial charge in [-0.25, -0.2) is 0 Å². The van der Waals surface area contributed by atoms with Gasteiger partial charge < -0.3 is 0 Å². The third-order valence-corrected chi connectivity index (χ3v) is 4.21. The maximum Gasteiger partial charge on any atom is 0 e. The van der Waals surface area contributed by atoms with Gasteiger partial charge in [0.15, 0.2) is 0 Å². The van der Waals surface area contributed by atoms with E-state index >= 15 is 0 Å². The van der Waals surface area contributed by atoms with Crippen LogP contribution in [0.3, 0.4) is 0 Å². The second-order valence-corrected chi connectivity index (χ2v) is 6.14. The number of hydrogen-bond acceptors (Lipinski definition) is 0. The van der Waals surface area contributed by atoms with Crippen LogP contribution in [0.4, 0.5) is 0 Å². The van der Waals surface area contributed by atoms with Crippen molar-refractivity contribution in [2.75, 3.05) is 0 Å². The van der Waals surface area contributed by atoms with Crippen molar-refractivity contribution in [2.24, 2.45) is 0 Å². The van der Waals surface area contributed by atoms with E-state index in [4.69, 9.17) is 0 Å². The van der Waals surface area contributed by atoms with Crippen LogP contribution in [0.2, 0.25) is 0 Å². The minimum atomic E-state index is 0. The van der Waals surface area contributed by atoms with E-state index in [-0.39, 0.29) is 16.3 Å². The van der Waals surface area contributed by atoms with Gasteiger partial charge in [-0.2, -0.15) is 0 Å². The zero-order chi connectivity index (χ0) is 7.44. The first kappa shape index (κ1) is 12.9. The molecule has 0 aliphatic carbocycles. The molecule has 10 heavy (non-hydrogen) atoms. The van der Waals surface area contributed by atoms with Crippen molar-refractivity contribution in [1.29, 1.82) is 0 Å². The van der Waals surface area contributed by atoms with Gasteiger partial charge in [-0.15, -0.1) is 0 Å². The molecule has 0 bridgehead atoms. The molecule has 2 heteroatoms. The molecule has 0 spiro atoms. The molecular weight excluding hydrogens is 138 g/mol. The van der Waals surface area contributed by atoms with Crippen LogP contribution in [0.5, 0.6) is 0 Å². The van der Waals surface area contributed by atoms with Crippen LogP contribution in [-0.2, 0) is 0 Å². The molecule has 0 amide bonds. The smallest absolute Gasteiger partial charge is 0 e. The molecule has 0 aromatic heterocycles. The summed E-state index contributed by atoms with van der Waals surface area (Å²) in [6, 6.07) is 0. The third kappa shape index (κ3) is 4.11. The van der Waals surface area contributed by atoms with Crippen molar-refractivity contribution in [2.45, 2.75) is 39.0 Å². The van der Waals surface area contributed by atoms with Gasteiger partial charge in [0.05, 0.1) is 0 Å². The van der Waals surface area contributed by atoms with Crippen molar-refractivity contribution < 1.29 is 0 Å². The molecule has 0 saturated heterocycles. The molecular formula is C8H17BP. The Morgan fingerprint density at radius 1 is 1.10 bits per heavy atom. The van der Waals surface area contributed by atoms with Gasteiger partial charge in [0.1, 0.15) is 0 Å². The number of rotatable bonds is 3. The summed E-state index contributed by atoms with van der Waals surface area (Å²) in [5, 5.41) is 0. The standard InChI is InChI=1S/C8H17P.B/c1-6-9(7(2)3)8(4)5;/h6-8H,1H2,2-5H3;. The largest absolute Gasteiger partial charge is 0.0986 e. The summed E-state index contributed by atoms with van der Waals surface area (Å²) in [5.74, 6) is 2.13. The van der Waals surface area contributed by atoms with Gasteiger partial charge in [0.25, 0.3) is 0 Å². The minimum absolute atomic E-state index is 0. The van der Waals surface area contributed by atoms with Gasteiger partial charge in [-0.05, 0) is 11.3 Å². The molecule has 0 aliphatic rings. The Morgan fingerprint density at radius 3 is 1.40 bits per heavy atom. The Bertz CT molecular complexity index is 81.3. The van der Waals surface area contributed by atoms with E-state index in [1.807, 2.05) is 0 Å². The lowest BCUT2D eigenvalue weighted by Gasteiger charge is -2.20. The molecule has 0 saturated carbocycles. The van der Waals surface area contributed by atoms with Crippen molar-refractivity contribution in [1.82, 2.24) is 0 Å². The van der Waals surface area contributed by atoms with Crippen LogP contribution in [0.1, 0.15) is 27.7 Å². The summed E-state index contributed by atoms with van der Waals surface area (Å²) in [6.45, 7) is 12.9. The lowest BCUT2D eigenvalue weighted by atomic mass is 10.5. The lowest BCUT2D eigenvalue weighted by Crippen LogP contribution is -1.99. The van der Waals surface area contributed by atoms with Gasteiger partial charge in [-0.1, -0.05) is 48.0 Å². The highest BCUT2D eigenvalue weighted by Crippen LogP contribution is 2.46. The SMILES string of the molecule is C=CP(C(C)C)C(C)C.[B]. The molecule has 0 N–H and O–H groups in total. The molecule has 0 atom stereocenters. The summed E-state index contributed by atoms with van der Waals surface area (Å²) in [6.07, 6.45) is 0. The molecule has 0 nitrogen and oxygen atoms in total. The third-order valence-electron chi connectivity index (χ3n) is 1.40. The Labute approximate surface area is 68.4 Å². The summed E-state index contributed by atoms with van der Waals surface area (Å²) in [4.78, 5) is 0. The van der Waals surface area contributed by atoms with E-state index in [0.717, 1.165) is 11.3 Å². The minimum Gasteiger partial charge on any atom is -0.0986 e. The zero-order valence-electron chi connectivity index (χ0n) is 7.46. The zero-order valence-corrected chi connectivity index (χ0v) is 8.36. The fourth-order valence-corrected chi connectivity index (χ4v) is 3.05. The second-order valence-electron chi connectivity index (χ2n) is 2.82. The van der Waals surface area contributed by atoms with Crippen molar-refractivity contribution in [3.8, 4) is 0 Å². The maximum atomic E-state index is 3.83. The predicted molar refractivity (Wildman–Crippen MR) is 53.1 cm³/mol. The average Bonchev–Trinajstić information content (AvgIpc) is 1.64. The Kier molecular flexibility index (Phi) is 7.70. The fraction of sp³-hybridized carbons (Fsp3) is 0.750. The maximum absolute atomic E-state index is 3.83. The van der Waals surface area contributed by atoms with Gasteiger partial charge in [0, 0.05) is 8.41 Å². The van der Waals surface area contributed by atoms with Crippen molar-refractivity contribution in [3.63, 3.8) is 0 Å². The van der Waals surface area contributed by atoms with E-state index in [2.05, 4.69) is 40.1 Å². The second kappa shape index (κ2) is 5.98. The first-order valence-corrected chi connectivity index (χ1v) is 5.04. The quantitative estimate of drug-likeness (QED) is 0.434. The first-order valence-electron chi connectivity index (χ1n) is 3.49. The van der Waals surface area contributed by atoms with Crippen LogP contribution in [0, 0.1) is 0 Å². The molecule has 57 valence electrons.